The third kappa shape index (κ3) is 5.44. The summed E-state index contributed by atoms with van der Waals surface area (Å²) in [5, 5.41) is 2.64. The standard InChI is InChI=1S/C15H20BNO6.C3H7.Ce/c1-14(2)15(3,4)23-16(22-14)9-6-7-11(17-13(19)20)10(8-9)12(18)21-5;1-3-2;/h6-8,17H,1-5H3,(H,19,20);1,3H2,2H3;/q;;+1/p-1. The average molecular weight is 503 g/mol. The molecule has 0 atom stereocenters. The molecular formula is C18H26BCeNO6. The van der Waals surface area contributed by atoms with Crippen molar-refractivity contribution in [2.45, 2.75) is 54.2 Å². The molecule has 1 aromatic carbocycles. The van der Waals surface area contributed by atoms with Gasteiger partial charge in [0.15, 0.2) is 0 Å². The number of anilines is 1. The maximum absolute atomic E-state index is 12.2. The molecule has 0 radical (unpaired) electrons. The van der Waals surface area contributed by atoms with Crippen molar-refractivity contribution in [3.63, 3.8) is 0 Å². The molecule has 1 aromatic rings. The first-order valence-electron chi connectivity index (χ1n) is 8.90. The Hall–Kier alpha value is -0.678. The van der Waals surface area contributed by atoms with Crippen LogP contribution in [0.3, 0.4) is 0 Å². The molecule has 0 spiro atoms. The Morgan fingerprint density at radius 2 is 1.81 bits per heavy atom. The molecule has 1 saturated heterocycles. The van der Waals surface area contributed by atoms with Crippen molar-refractivity contribution < 1.29 is 62.7 Å². The number of hydrogen-bond donors (Lipinski definition) is 1. The van der Waals surface area contributed by atoms with Crippen molar-refractivity contribution in [1.29, 1.82) is 0 Å². The molecule has 1 heterocycles. The van der Waals surface area contributed by atoms with Crippen LogP contribution < -0.4 is 10.8 Å². The molecular weight excluding hydrogens is 477 g/mol. The van der Waals surface area contributed by atoms with Crippen LogP contribution in [0.2, 0.25) is 1.94 Å². The summed E-state index contributed by atoms with van der Waals surface area (Å²) in [5.74, 6) is -0.556. The van der Waals surface area contributed by atoms with E-state index >= 15 is 0 Å². The summed E-state index contributed by atoms with van der Waals surface area (Å²) in [6.45, 7) is 9.89. The molecule has 0 aliphatic carbocycles. The van der Waals surface area contributed by atoms with Gasteiger partial charge in [-0.3, -0.25) is 0 Å². The number of amides is 1. The second-order valence-corrected chi connectivity index (χ2v) is 10.4. The van der Waals surface area contributed by atoms with Crippen molar-refractivity contribution in [2.24, 2.45) is 0 Å². The topological polar surface area (TPSA) is 83.1 Å². The molecule has 7 nitrogen and oxygen atoms in total. The van der Waals surface area contributed by atoms with Gasteiger partial charge < -0.3 is 0 Å². The van der Waals surface area contributed by atoms with E-state index in [-0.39, 0.29) is 5.56 Å². The number of rotatable bonds is 6. The summed E-state index contributed by atoms with van der Waals surface area (Å²) >= 11 is -1.39. The Morgan fingerprint density at radius 1 is 1.19 bits per heavy atom. The summed E-state index contributed by atoms with van der Waals surface area (Å²) in [4.78, 5) is 24.2. The zero-order valence-electron chi connectivity index (χ0n) is 16.7. The van der Waals surface area contributed by atoms with Crippen molar-refractivity contribution in [1.82, 2.24) is 0 Å². The fraction of sp³-hybridized carbons (Fsp3) is 0.556. The summed E-state index contributed by atoms with van der Waals surface area (Å²) < 4.78 is 23.2. The third-order valence-electron chi connectivity index (χ3n) is 4.73. The number of methoxy groups -OCH3 is 1. The van der Waals surface area contributed by atoms with Crippen LogP contribution in [0.4, 0.5) is 10.5 Å². The molecule has 1 aliphatic heterocycles. The molecule has 146 valence electrons. The number of esters is 1. The van der Waals surface area contributed by atoms with Crippen LogP contribution in [-0.2, 0) is 15.0 Å². The van der Waals surface area contributed by atoms with E-state index < -0.39 is 68.5 Å². The van der Waals surface area contributed by atoms with Crippen molar-refractivity contribution in [3.8, 4) is 0 Å². The number of benzene rings is 1. The fourth-order valence-electron chi connectivity index (χ4n) is 2.43. The Labute approximate surface area is 182 Å². The maximum atomic E-state index is 12.2. The molecule has 1 amide bonds. The molecule has 0 saturated carbocycles. The van der Waals surface area contributed by atoms with E-state index in [1.807, 2.05) is 27.7 Å². The predicted octanol–water partition coefficient (Wildman–Crippen LogP) is 3.15. The van der Waals surface area contributed by atoms with Gasteiger partial charge in [0.05, 0.1) is 0 Å². The van der Waals surface area contributed by atoms with Crippen LogP contribution in [-0.4, -0.2) is 37.5 Å². The number of carbonyl (C=O) groups is 2. The van der Waals surface area contributed by atoms with Crippen LogP contribution >= 0.6 is 0 Å². The van der Waals surface area contributed by atoms with Crippen LogP contribution in [0.25, 0.3) is 0 Å². The van der Waals surface area contributed by atoms with E-state index in [4.69, 9.17) is 15.0 Å². The van der Waals surface area contributed by atoms with E-state index in [1.54, 1.807) is 18.2 Å². The number of nitrogens with one attached hydrogen (secondary N) is 1. The Balaban J connectivity index is 2.23. The summed E-state index contributed by atoms with van der Waals surface area (Å²) in [6.07, 6.45) is 0.479. The summed E-state index contributed by atoms with van der Waals surface area (Å²) in [6, 6.07) is 5.03. The minimum absolute atomic E-state index is 0.227. The van der Waals surface area contributed by atoms with Crippen molar-refractivity contribution in [2.75, 3.05) is 12.4 Å². The first-order valence-corrected chi connectivity index (χ1v) is 12.4. The molecule has 1 fully saturated rings. The minimum atomic E-state index is -1.39. The van der Waals surface area contributed by atoms with E-state index in [9.17, 15) is 9.59 Å². The van der Waals surface area contributed by atoms with Gasteiger partial charge in [-0.25, -0.2) is 0 Å². The number of ether oxygens (including phenoxy) is 1. The molecule has 0 aromatic heterocycles. The zero-order valence-corrected chi connectivity index (χ0v) is 19.8. The van der Waals surface area contributed by atoms with Crippen LogP contribution in [0.15, 0.2) is 18.2 Å². The van der Waals surface area contributed by atoms with Gasteiger partial charge in [0, 0.05) is 0 Å². The van der Waals surface area contributed by atoms with E-state index in [0.29, 0.717) is 11.2 Å². The first kappa shape index (κ1) is 22.6. The van der Waals surface area contributed by atoms with E-state index in [2.05, 4.69) is 12.2 Å². The molecule has 9 heteroatoms. The van der Waals surface area contributed by atoms with Gasteiger partial charge >= 0.3 is 183 Å². The van der Waals surface area contributed by atoms with Gasteiger partial charge in [-0.15, -0.1) is 0 Å². The summed E-state index contributed by atoms with van der Waals surface area (Å²) in [7, 11) is 0.683. The fourth-order valence-corrected chi connectivity index (χ4v) is 3.96. The normalized spacial score (nSPS) is 17.3. The van der Waals surface area contributed by atoms with Crippen LogP contribution in [0.1, 0.15) is 51.4 Å². The molecule has 2 rings (SSSR count). The van der Waals surface area contributed by atoms with E-state index in [0.717, 1.165) is 8.36 Å². The van der Waals surface area contributed by atoms with Gasteiger partial charge in [-0.2, -0.15) is 0 Å². The monoisotopic (exact) mass is 503 g/mol. The Bertz CT molecular complexity index is 693. The Morgan fingerprint density at radius 3 is 2.37 bits per heavy atom. The second kappa shape index (κ2) is 9.21. The number of hydrogen-bond acceptors (Lipinski definition) is 6. The Kier molecular flexibility index (Phi) is 7.71. The molecule has 0 bridgehead atoms. The van der Waals surface area contributed by atoms with Gasteiger partial charge in [0.1, 0.15) is 0 Å². The predicted molar refractivity (Wildman–Crippen MR) is 98.7 cm³/mol. The second-order valence-electron chi connectivity index (χ2n) is 7.29. The van der Waals surface area contributed by atoms with Crippen LogP contribution in [0.5, 0.6) is 0 Å². The number of carbonyl (C=O) groups excluding carboxylic acids is 2. The zero-order chi connectivity index (χ0) is 20.2. The van der Waals surface area contributed by atoms with Crippen molar-refractivity contribution in [3.05, 3.63) is 23.8 Å². The van der Waals surface area contributed by atoms with Gasteiger partial charge in [-0.1, -0.05) is 0 Å². The quantitative estimate of drug-likeness (QED) is 0.365. The SMILES string of the molecule is CC[CH2][Ce][O]C(=O)Nc1ccc(B2OC(C)(C)C(C)(C)O2)cc1C(=O)OC. The first-order chi connectivity index (χ1) is 12.6. The van der Waals surface area contributed by atoms with E-state index in [1.165, 1.54) is 7.11 Å². The molecule has 27 heavy (non-hydrogen) atoms. The third-order valence-corrected chi connectivity index (χ3v) is 7.97. The molecule has 1 aliphatic rings. The van der Waals surface area contributed by atoms with Crippen LogP contribution in [0, 0.1) is 38.2 Å². The van der Waals surface area contributed by atoms with Gasteiger partial charge in [-0.05, 0) is 0 Å². The van der Waals surface area contributed by atoms with Crippen molar-refractivity contribution >= 4 is 30.3 Å². The van der Waals surface area contributed by atoms with Gasteiger partial charge in [0.25, 0.3) is 0 Å². The summed E-state index contributed by atoms with van der Waals surface area (Å²) in [5.41, 5.74) is 0.264. The van der Waals surface area contributed by atoms with Gasteiger partial charge in [0.2, 0.25) is 0 Å². The average Bonchev–Trinajstić information content (AvgIpc) is 2.82. The molecule has 1 N–H and O–H groups in total. The molecule has 0 unspecified atom stereocenters.